The van der Waals surface area contributed by atoms with Crippen molar-refractivity contribution in [1.82, 2.24) is 9.62 Å². The maximum Gasteiger partial charge on any atom is 0.240 e. The lowest BCUT2D eigenvalue weighted by atomic mass is 9.98. The Morgan fingerprint density at radius 3 is 2.52 bits per heavy atom. The number of benzene rings is 3. The smallest absolute Gasteiger partial charge is 0.240 e. The number of fused-ring (bicyclic) bond motifs is 1. The molecule has 0 spiro atoms. The van der Waals surface area contributed by atoms with Crippen molar-refractivity contribution in [3.63, 3.8) is 0 Å². The number of likely N-dealkylation sites (tertiary alicyclic amines) is 1. The summed E-state index contributed by atoms with van der Waals surface area (Å²) in [6, 6.07) is 18.2. The van der Waals surface area contributed by atoms with Gasteiger partial charge in [-0.2, -0.15) is 0 Å². The molecule has 152 valence electrons. The van der Waals surface area contributed by atoms with Crippen LogP contribution in [-0.2, 0) is 10.0 Å². The first-order valence-corrected chi connectivity index (χ1v) is 11.4. The van der Waals surface area contributed by atoms with Crippen LogP contribution in [0.4, 0.5) is 4.39 Å². The molecule has 1 N–H and O–H groups in total. The number of sulfonamides is 1. The van der Waals surface area contributed by atoms with Crippen LogP contribution in [0.25, 0.3) is 10.8 Å². The molecular weight excluding hydrogens is 387 g/mol. The fourth-order valence-electron chi connectivity index (χ4n) is 4.09. The van der Waals surface area contributed by atoms with Crippen LogP contribution in [0.15, 0.2) is 65.6 Å². The van der Waals surface area contributed by atoms with E-state index in [1.54, 1.807) is 6.92 Å². The Labute approximate surface area is 171 Å². The molecule has 4 nitrogen and oxygen atoms in total. The van der Waals surface area contributed by atoms with E-state index in [1.807, 2.05) is 18.2 Å². The predicted molar refractivity (Wildman–Crippen MR) is 114 cm³/mol. The second-order valence-corrected chi connectivity index (χ2v) is 9.36. The van der Waals surface area contributed by atoms with Gasteiger partial charge in [0.15, 0.2) is 0 Å². The SMILES string of the molecule is Cc1cc(S(=O)(=O)NC[C@@H](c2cccc3ccccc23)N2CCCC2)ccc1F. The van der Waals surface area contributed by atoms with E-state index in [1.165, 1.54) is 18.2 Å². The predicted octanol–water partition coefficient (Wildman–Crippen LogP) is 4.40. The van der Waals surface area contributed by atoms with Crippen LogP contribution in [0, 0.1) is 12.7 Å². The first-order chi connectivity index (χ1) is 14.0. The third kappa shape index (κ3) is 4.20. The summed E-state index contributed by atoms with van der Waals surface area (Å²) in [6.07, 6.45) is 2.23. The molecule has 0 amide bonds. The zero-order chi connectivity index (χ0) is 20.4. The van der Waals surface area contributed by atoms with Gasteiger partial charge in [-0.1, -0.05) is 42.5 Å². The van der Waals surface area contributed by atoms with Crippen molar-refractivity contribution in [2.75, 3.05) is 19.6 Å². The second-order valence-electron chi connectivity index (χ2n) is 7.59. The van der Waals surface area contributed by atoms with Gasteiger partial charge >= 0.3 is 0 Å². The van der Waals surface area contributed by atoms with Gasteiger partial charge in [0.2, 0.25) is 10.0 Å². The van der Waals surface area contributed by atoms with E-state index in [2.05, 4.69) is 33.9 Å². The molecule has 0 bridgehead atoms. The molecule has 1 saturated heterocycles. The summed E-state index contributed by atoms with van der Waals surface area (Å²) >= 11 is 0. The fraction of sp³-hybridized carbons (Fsp3) is 0.304. The Balaban J connectivity index is 1.65. The summed E-state index contributed by atoms with van der Waals surface area (Å²) < 4.78 is 42.0. The number of rotatable bonds is 6. The average molecular weight is 413 g/mol. The Bertz CT molecular complexity index is 1120. The summed E-state index contributed by atoms with van der Waals surface area (Å²) in [7, 11) is -3.73. The highest BCUT2D eigenvalue weighted by Gasteiger charge is 2.27. The van der Waals surface area contributed by atoms with Gasteiger partial charge in [-0.25, -0.2) is 17.5 Å². The molecule has 1 aliphatic rings. The summed E-state index contributed by atoms with van der Waals surface area (Å²) in [6.45, 7) is 3.74. The molecule has 3 aromatic carbocycles. The molecule has 1 aliphatic heterocycles. The molecule has 0 radical (unpaired) electrons. The zero-order valence-corrected chi connectivity index (χ0v) is 17.3. The number of aryl methyl sites for hydroxylation is 1. The van der Waals surface area contributed by atoms with Crippen molar-refractivity contribution >= 4 is 20.8 Å². The lowest BCUT2D eigenvalue weighted by Crippen LogP contribution is -2.37. The number of nitrogens with one attached hydrogen (secondary N) is 1. The van der Waals surface area contributed by atoms with Crippen molar-refractivity contribution in [1.29, 1.82) is 0 Å². The first kappa shape index (κ1) is 20.0. The normalized spacial score (nSPS) is 16.3. The van der Waals surface area contributed by atoms with Crippen LogP contribution in [0.1, 0.15) is 30.0 Å². The summed E-state index contributed by atoms with van der Waals surface area (Å²) in [5, 5.41) is 2.29. The van der Waals surface area contributed by atoms with Gasteiger partial charge in [0.1, 0.15) is 5.82 Å². The molecule has 1 fully saturated rings. The standard InChI is InChI=1S/C23H25FN2O2S/c1-17-15-19(11-12-22(17)24)29(27,28)25-16-23(26-13-4-5-14-26)21-10-6-8-18-7-2-3-9-20(18)21/h2-3,6-12,15,23,25H,4-5,13-14,16H2,1H3/t23-/m0/s1. The van der Waals surface area contributed by atoms with E-state index in [-0.39, 0.29) is 17.5 Å². The van der Waals surface area contributed by atoms with Gasteiger partial charge < -0.3 is 0 Å². The van der Waals surface area contributed by atoms with Crippen LogP contribution >= 0.6 is 0 Å². The largest absolute Gasteiger partial charge is 0.295 e. The minimum absolute atomic E-state index is 0.0556. The molecule has 1 atom stereocenters. The third-order valence-corrected chi connectivity index (χ3v) is 7.09. The van der Waals surface area contributed by atoms with Crippen molar-refractivity contribution in [3.05, 3.63) is 77.6 Å². The van der Waals surface area contributed by atoms with Crippen LogP contribution in [0.2, 0.25) is 0 Å². The highest BCUT2D eigenvalue weighted by atomic mass is 32.2. The maximum absolute atomic E-state index is 13.6. The van der Waals surface area contributed by atoms with Gasteiger partial charge in [-0.05, 0) is 73.0 Å². The molecule has 6 heteroatoms. The molecule has 0 aromatic heterocycles. The quantitative estimate of drug-likeness (QED) is 0.653. The molecular formula is C23H25FN2O2S. The Hall–Kier alpha value is -2.28. The van der Waals surface area contributed by atoms with Crippen LogP contribution < -0.4 is 4.72 Å². The van der Waals surface area contributed by atoms with E-state index in [4.69, 9.17) is 0 Å². The van der Waals surface area contributed by atoms with Gasteiger partial charge in [-0.3, -0.25) is 4.90 Å². The second kappa shape index (κ2) is 8.22. The summed E-state index contributed by atoms with van der Waals surface area (Å²) in [5.41, 5.74) is 1.45. The monoisotopic (exact) mass is 412 g/mol. The summed E-state index contributed by atoms with van der Waals surface area (Å²) in [4.78, 5) is 2.44. The lowest BCUT2D eigenvalue weighted by molar-refractivity contribution is 0.248. The zero-order valence-electron chi connectivity index (χ0n) is 16.4. The molecule has 0 aliphatic carbocycles. The van der Waals surface area contributed by atoms with Gasteiger partial charge in [0.25, 0.3) is 0 Å². The van der Waals surface area contributed by atoms with E-state index < -0.39 is 15.8 Å². The summed E-state index contributed by atoms with van der Waals surface area (Å²) in [5.74, 6) is -0.408. The fourth-order valence-corrected chi connectivity index (χ4v) is 5.21. The Morgan fingerprint density at radius 1 is 1.03 bits per heavy atom. The molecule has 1 heterocycles. The minimum Gasteiger partial charge on any atom is -0.295 e. The van der Waals surface area contributed by atoms with Crippen molar-refractivity contribution in [2.24, 2.45) is 0 Å². The van der Waals surface area contributed by atoms with E-state index in [0.29, 0.717) is 5.56 Å². The van der Waals surface area contributed by atoms with Crippen molar-refractivity contribution in [2.45, 2.75) is 30.7 Å². The number of halogens is 1. The van der Waals surface area contributed by atoms with Gasteiger partial charge in [-0.15, -0.1) is 0 Å². The third-order valence-electron chi connectivity index (χ3n) is 5.67. The number of hydrogen-bond donors (Lipinski definition) is 1. The van der Waals surface area contributed by atoms with Crippen LogP contribution in [-0.4, -0.2) is 33.0 Å². The maximum atomic E-state index is 13.6. The molecule has 29 heavy (non-hydrogen) atoms. The van der Waals surface area contributed by atoms with E-state index >= 15 is 0 Å². The van der Waals surface area contributed by atoms with Crippen molar-refractivity contribution < 1.29 is 12.8 Å². The Kier molecular flexibility index (Phi) is 5.67. The number of hydrogen-bond acceptors (Lipinski definition) is 3. The van der Waals surface area contributed by atoms with E-state index in [0.717, 1.165) is 42.3 Å². The Morgan fingerprint density at radius 2 is 1.76 bits per heavy atom. The van der Waals surface area contributed by atoms with Crippen LogP contribution in [0.5, 0.6) is 0 Å². The topological polar surface area (TPSA) is 49.4 Å². The lowest BCUT2D eigenvalue weighted by Gasteiger charge is -2.29. The highest BCUT2D eigenvalue weighted by Crippen LogP contribution is 2.30. The van der Waals surface area contributed by atoms with Crippen LogP contribution in [0.3, 0.4) is 0 Å². The minimum atomic E-state index is -3.73. The van der Waals surface area contributed by atoms with Gasteiger partial charge in [0.05, 0.1) is 4.90 Å². The van der Waals surface area contributed by atoms with E-state index in [9.17, 15) is 12.8 Å². The van der Waals surface area contributed by atoms with Gasteiger partial charge in [0, 0.05) is 12.6 Å². The molecule has 4 rings (SSSR count). The first-order valence-electron chi connectivity index (χ1n) is 9.93. The molecule has 0 saturated carbocycles. The highest BCUT2D eigenvalue weighted by molar-refractivity contribution is 7.89. The molecule has 0 unspecified atom stereocenters. The average Bonchev–Trinajstić information content (AvgIpc) is 3.25. The van der Waals surface area contributed by atoms with Crippen molar-refractivity contribution in [3.8, 4) is 0 Å². The number of nitrogens with zero attached hydrogens (tertiary/aromatic N) is 1. The molecule has 3 aromatic rings.